The maximum absolute atomic E-state index is 12.0. The van der Waals surface area contributed by atoms with Crippen molar-refractivity contribution >= 4 is 23.4 Å². The van der Waals surface area contributed by atoms with Gasteiger partial charge in [-0.1, -0.05) is 18.2 Å². The molecule has 0 saturated carbocycles. The fraction of sp³-hybridized carbons (Fsp3) is 0.333. The molecule has 3 rings (SSSR count). The molecule has 0 bridgehead atoms. The number of nitrogens with one attached hydrogen (secondary N) is 1. The summed E-state index contributed by atoms with van der Waals surface area (Å²) in [4.78, 5) is 14.3. The van der Waals surface area contributed by atoms with Crippen LogP contribution in [-0.4, -0.2) is 31.3 Å². The van der Waals surface area contributed by atoms with Gasteiger partial charge < -0.3 is 15.4 Å². The van der Waals surface area contributed by atoms with Gasteiger partial charge in [0.2, 0.25) is 5.91 Å². The fourth-order valence-corrected chi connectivity index (χ4v) is 3.59. The average Bonchev–Trinajstić information content (AvgIpc) is 3.09. The lowest BCUT2D eigenvalue weighted by Gasteiger charge is -2.18. The molecule has 1 aromatic carbocycles. The molecular weight excluding hydrogens is 322 g/mol. The average molecular weight is 343 g/mol. The lowest BCUT2D eigenvalue weighted by Crippen LogP contribution is -2.33. The molecular formula is C18H21N3O2S. The number of para-hydroxylation sites is 1. The number of thioether (sulfide) groups is 1. The van der Waals surface area contributed by atoms with Crippen LogP contribution in [0.1, 0.15) is 6.42 Å². The number of hydrogen-bond acceptors (Lipinski definition) is 4. The minimum absolute atomic E-state index is 0.0259. The second-order valence-electron chi connectivity index (χ2n) is 5.89. The molecule has 126 valence electrons. The zero-order valence-electron chi connectivity index (χ0n) is 13.4. The second kappa shape index (κ2) is 8.06. The van der Waals surface area contributed by atoms with Crippen molar-refractivity contribution in [3.8, 4) is 0 Å². The van der Waals surface area contributed by atoms with E-state index in [9.17, 15) is 10.0 Å². The molecule has 2 aromatic rings. The molecule has 2 heterocycles. The number of amides is 1. The molecule has 1 N–H and O–H groups in total. The SMILES string of the molecule is O=C(CSc1cccc[n+]1[O-])NC[C@H]1CCN(c2ccccc2)C1. The Morgan fingerprint density at radius 1 is 1.25 bits per heavy atom. The van der Waals surface area contributed by atoms with E-state index in [1.165, 1.54) is 23.6 Å². The molecule has 0 spiro atoms. The number of benzene rings is 1. The molecule has 1 atom stereocenters. The summed E-state index contributed by atoms with van der Waals surface area (Å²) in [5.41, 5.74) is 1.24. The van der Waals surface area contributed by atoms with Crippen LogP contribution >= 0.6 is 11.8 Å². The summed E-state index contributed by atoms with van der Waals surface area (Å²) >= 11 is 1.26. The van der Waals surface area contributed by atoms with Crippen LogP contribution in [0.5, 0.6) is 0 Å². The molecule has 0 unspecified atom stereocenters. The number of aromatic nitrogens is 1. The van der Waals surface area contributed by atoms with Gasteiger partial charge in [-0.05, 0) is 42.3 Å². The van der Waals surface area contributed by atoms with E-state index in [0.717, 1.165) is 24.2 Å². The number of nitrogens with zero attached hydrogens (tertiary/aromatic N) is 2. The van der Waals surface area contributed by atoms with Crippen LogP contribution < -0.4 is 14.9 Å². The van der Waals surface area contributed by atoms with E-state index in [1.54, 1.807) is 18.2 Å². The number of carbonyl (C=O) groups is 1. The lowest BCUT2D eigenvalue weighted by atomic mass is 10.1. The normalized spacial score (nSPS) is 17.0. The van der Waals surface area contributed by atoms with Crippen LogP contribution in [0.2, 0.25) is 0 Å². The third kappa shape index (κ3) is 4.41. The van der Waals surface area contributed by atoms with Gasteiger partial charge in [0.25, 0.3) is 5.03 Å². The van der Waals surface area contributed by atoms with Gasteiger partial charge in [0.1, 0.15) is 0 Å². The van der Waals surface area contributed by atoms with Crippen LogP contribution in [0.15, 0.2) is 59.8 Å². The van der Waals surface area contributed by atoms with Crippen LogP contribution in [0.3, 0.4) is 0 Å². The van der Waals surface area contributed by atoms with E-state index in [-0.39, 0.29) is 11.7 Å². The van der Waals surface area contributed by atoms with E-state index < -0.39 is 0 Å². The topological polar surface area (TPSA) is 59.3 Å². The summed E-state index contributed by atoms with van der Waals surface area (Å²) in [6, 6.07) is 15.6. The van der Waals surface area contributed by atoms with Gasteiger partial charge in [-0.25, -0.2) is 0 Å². The van der Waals surface area contributed by atoms with Crippen molar-refractivity contribution in [1.82, 2.24) is 5.32 Å². The minimum Gasteiger partial charge on any atom is -0.618 e. The largest absolute Gasteiger partial charge is 0.618 e. The van der Waals surface area contributed by atoms with Crippen molar-refractivity contribution in [2.24, 2.45) is 5.92 Å². The van der Waals surface area contributed by atoms with Gasteiger partial charge in [0, 0.05) is 37.5 Å². The highest BCUT2D eigenvalue weighted by Gasteiger charge is 2.23. The zero-order chi connectivity index (χ0) is 16.8. The van der Waals surface area contributed by atoms with Crippen molar-refractivity contribution in [2.75, 3.05) is 30.3 Å². The van der Waals surface area contributed by atoms with Crippen molar-refractivity contribution < 1.29 is 9.52 Å². The predicted molar refractivity (Wildman–Crippen MR) is 95.9 cm³/mol. The quantitative estimate of drug-likeness (QED) is 0.495. The van der Waals surface area contributed by atoms with Crippen molar-refractivity contribution in [1.29, 1.82) is 0 Å². The Bertz CT molecular complexity index is 681. The maximum atomic E-state index is 12.0. The molecule has 1 amide bonds. The summed E-state index contributed by atoms with van der Waals surface area (Å²) in [5, 5.41) is 15.1. The van der Waals surface area contributed by atoms with Crippen molar-refractivity contribution in [2.45, 2.75) is 11.4 Å². The Labute approximate surface area is 146 Å². The first-order chi connectivity index (χ1) is 11.7. The molecule has 1 aliphatic rings. The monoisotopic (exact) mass is 343 g/mol. The molecule has 1 fully saturated rings. The number of anilines is 1. The molecule has 24 heavy (non-hydrogen) atoms. The highest BCUT2D eigenvalue weighted by Crippen LogP contribution is 2.23. The highest BCUT2D eigenvalue weighted by atomic mass is 32.2. The van der Waals surface area contributed by atoms with Gasteiger partial charge >= 0.3 is 0 Å². The Balaban J connectivity index is 1.40. The Kier molecular flexibility index (Phi) is 5.59. The second-order valence-corrected chi connectivity index (χ2v) is 6.89. The number of hydrogen-bond donors (Lipinski definition) is 1. The summed E-state index contributed by atoms with van der Waals surface area (Å²) in [6.07, 6.45) is 2.53. The first-order valence-electron chi connectivity index (χ1n) is 8.10. The van der Waals surface area contributed by atoms with E-state index in [1.807, 2.05) is 18.2 Å². The van der Waals surface area contributed by atoms with E-state index >= 15 is 0 Å². The van der Waals surface area contributed by atoms with E-state index in [4.69, 9.17) is 0 Å². The van der Waals surface area contributed by atoms with Gasteiger partial charge in [-0.3, -0.25) is 4.79 Å². The summed E-state index contributed by atoms with van der Waals surface area (Å²) in [6.45, 7) is 2.69. The van der Waals surface area contributed by atoms with Crippen LogP contribution in [0.25, 0.3) is 0 Å². The van der Waals surface area contributed by atoms with Crippen LogP contribution in [0, 0.1) is 11.1 Å². The van der Waals surface area contributed by atoms with Crippen molar-refractivity contribution in [3.05, 3.63) is 59.9 Å². The molecule has 1 saturated heterocycles. The Hall–Kier alpha value is -2.21. The third-order valence-electron chi connectivity index (χ3n) is 4.13. The molecule has 0 aliphatic carbocycles. The zero-order valence-corrected chi connectivity index (χ0v) is 14.2. The van der Waals surface area contributed by atoms with E-state index in [0.29, 0.717) is 17.5 Å². The summed E-state index contributed by atoms with van der Waals surface area (Å²) in [7, 11) is 0. The first-order valence-corrected chi connectivity index (χ1v) is 9.08. The standard InChI is InChI=1S/C18H21N3O2S/c22-17(14-24-18-8-4-5-10-21(18)23)19-12-15-9-11-20(13-15)16-6-2-1-3-7-16/h1-8,10,15H,9,11-14H2,(H,19,22)/t15-/m1/s1. The molecule has 0 radical (unpaired) electrons. The molecule has 5 nitrogen and oxygen atoms in total. The van der Waals surface area contributed by atoms with Gasteiger partial charge in [-0.15, -0.1) is 0 Å². The summed E-state index contributed by atoms with van der Waals surface area (Å²) in [5.74, 6) is 0.712. The smallest absolute Gasteiger partial charge is 0.251 e. The van der Waals surface area contributed by atoms with Gasteiger partial charge in [0.05, 0.1) is 5.75 Å². The maximum Gasteiger partial charge on any atom is 0.251 e. The molecule has 1 aromatic heterocycles. The number of rotatable bonds is 6. The van der Waals surface area contributed by atoms with Crippen molar-refractivity contribution in [3.63, 3.8) is 0 Å². The Morgan fingerprint density at radius 2 is 2.04 bits per heavy atom. The van der Waals surface area contributed by atoms with Crippen LogP contribution in [-0.2, 0) is 4.79 Å². The lowest BCUT2D eigenvalue weighted by molar-refractivity contribution is -0.645. The van der Waals surface area contributed by atoms with Gasteiger partial charge in [0.15, 0.2) is 6.20 Å². The van der Waals surface area contributed by atoms with Gasteiger partial charge in [-0.2, -0.15) is 4.73 Å². The van der Waals surface area contributed by atoms with Crippen LogP contribution in [0.4, 0.5) is 5.69 Å². The first kappa shape index (κ1) is 16.6. The molecule has 1 aliphatic heterocycles. The predicted octanol–water partition coefficient (Wildman–Crippen LogP) is 2.05. The Morgan fingerprint density at radius 3 is 2.83 bits per heavy atom. The molecule has 6 heteroatoms. The third-order valence-corrected chi connectivity index (χ3v) is 5.15. The fourth-order valence-electron chi connectivity index (χ4n) is 2.85. The number of carbonyl (C=O) groups excluding carboxylic acids is 1. The minimum atomic E-state index is -0.0259. The highest BCUT2D eigenvalue weighted by molar-refractivity contribution is 7.99. The van der Waals surface area contributed by atoms with E-state index in [2.05, 4.69) is 22.3 Å². The summed E-state index contributed by atoms with van der Waals surface area (Å²) < 4.78 is 0.784. The number of pyridine rings is 1.